The summed E-state index contributed by atoms with van der Waals surface area (Å²) in [6, 6.07) is 5.08. The minimum absolute atomic E-state index is 0. The van der Waals surface area contributed by atoms with E-state index < -0.39 is 12.1 Å². The van der Waals surface area contributed by atoms with Crippen molar-refractivity contribution in [3.8, 4) is 5.75 Å². The zero-order chi connectivity index (χ0) is 35.4. The number of pyridine rings is 1. The SMILES string of the molecule is CC.CC1CC[N-]CC1.CCC.CCCCCCC.CCc1c2c(nc3ccc(O)cc13)/C(=C/C1=C(C=O)COC(=O)C1O)N(C)C2.[Y]. The smallest absolute Gasteiger partial charge is 0.340 e. The number of piperidine rings is 1. The molecule has 1 atom stereocenters. The number of carbonyl (C=O) groups excluding carboxylic acids is 2. The van der Waals surface area contributed by atoms with Gasteiger partial charge in [-0.3, -0.25) is 4.79 Å². The minimum atomic E-state index is -1.50. The third-order valence-electron chi connectivity index (χ3n) is 8.05. The monoisotopic (exact) mass is 741 g/mol. The molecule has 5 rings (SSSR count). The Kier molecular flexibility index (Phi) is 24.6. The minimum Gasteiger partial charge on any atom is -0.662 e. The molecule has 3 aliphatic heterocycles. The van der Waals surface area contributed by atoms with E-state index in [0.717, 1.165) is 58.8 Å². The van der Waals surface area contributed by atoms with Gasteiger partial charge in [0.2, 0.25) is 0 Å². The number of nitrogens with zero attached hydrogens (tertiary/aromatic N) is 3. The normalized spacial score (nSPS) is 17.6. The van der Waals surface area contributed by atoms with Gasteiger partial charge in [0.05, 0.1) is 16.9 Å². The number of benzene rings is 1. The van der Waals surface area contributed by atoms with Gasteiger partial charge in [-0.05, 0) is 42.2 Å². The van der Waals surface area contributed by atoms with Crippen molar-refractivity contribution in [2.24, 2.45) is 5.92 Å². The molecule has 2 aromatic rings. The van der Waals surface area contributed by atoms with E-state index in [-0.39, 0.29) is 56.2 Å². The zero-order valence-corrected chi connectivity index (χ0v) is 34.1. The fourth-order valence-electron chi connectivity index (χ4n) is 5.42. The van der Waals surface area contributed by atoms with Crippen LogP contribution in [0.2, 0.25) is 0 Å². The molecule has 9 heteroatoms. The molecule has 48 heavy (non-hydrogen) atoms. The first-order valence-electron chi connectivity index (χ1n) is 17.9. The molecule has 0 amide bonds. The third-order valence-corrected chi connectivity index (χ3v) is 8.05. The van der Waals surface area contributed by atoms with Crippen LogP contribution in [0.5, 0.6) is 5.75 Å². The Labute approximate surface area is 316 Å². The Balaban J connectivity index is 0.000000909. The number of esters is 1. The second-order valence-corrected chi connectivity index (χ2v) is 12.1. The Morgan fingerprint density at radius 1 is 1.04 bits per heavy atom. The summed E-state index contributed by atoms with van der Waals surface area (Å²) in [6.45, 7) is 19.8. The number of hydrogen-bond acceptors (Lipinski definition) is 7. The molecule has 0 spiro atoms. The van der Waals surface area contributed by atoms with Crippen molar-refractivity contribution in [2.45, 2.75) is 126 Å². The number of carbonyl (C=O) groups is 2. The number of aliphatic hydroxyl groups excluding tert-OH is 1. The van der Waals surface area contributed by atoms with Crippen molar-refractivity contribution in [3.63, 3.8) is 0 Å². The quantitative estimate of drug-likeness (QED) is 0.166. The van der Waals surface area contributed by atoms with Crippen molar-refractivity contribution in [1.29, 1.82) is 0 Å². The van der Waals surface area contributed by atoms with Gasteiger partial charge in [-0.2, -0.15) is 0 Å². The van der Waals surface area contributed by atoms with Crippen LogP contribution in [0.4, 0.5) is 0 Å². The van der Waals surface area contributed by atoms with Crippen LogP contribution in [0.3, 0.4) is 0 Å². The standard InChI is InChI=1S/C21H20N2O5.C7H16.C6H12N.C3H8.C2H6.Y/c1-3-13-15-6-12(25)4-5-17(15)22-19-16(13)8-23(2)18(19)7-14-11(9-24)10-28-21(27)20(14)26;1-3-5-7-6-4-2;1-6-2-4-7-5-3-6;1-3-2;1-2;/h4-7,9,20,25-26H,3,8,10H2,1-2H3;3-7H2,1-2H3;6H,2-5H2,1H3;3H2,1-2H3;1-2H3;/q;;-1;;;/b18-7-;;;;;. The van der Waals surface area contributed by atoms with Crippen LogP contribution in [0.1, 0.15) is 124 Å². The van der Waals surface area contributed by atoms with Crippen LogP contribution >= 0.6 is 0 Å². The molecule has 1 saturated heterocycles. The molecule has 0 saturated carbocycles. The van der Waals surface area contributed by atoms with E-state index >= 15 is 0 Å². The summed E-state index contributed by atoms with van der Waals surface area (Å²) in [4.78, 5) is 29.9. The first kappa shape index (κ1) is 45.9. The van der Waals surface area contributed by atoms with Crippen LogP contribution < -0.4 is 0 Å². The molecule has 4 heterocycles. The molecule has 1 fully saturated rings. The van der Waals surface area contributed by atoms with E-state index in [2.05, 4.69) is 46.9 Å². The maximum Gasteiger partial charge on any atom is 0.340 e. The molecule has 1 unspecified atom stereocenters. The van der Waals surface area contributed by atoms with E-state index in [9.17, 15) is 19.8 Å². The Hall–Kier alpha value is -2.13. The van der Waals surface area contributed by atoms with E-state index in [0.29, 0.717) is 12.8 Å². The van der Waals surface area contributed by atoms with Gasteiger partial charge in [0.25, 0.3) is 0 Å². The van der Waals surface area contributed by atoms with Crippen molar-refractivity contribution in [1.82, 2.24) is 9.88 Å². The van der Waals surface area contributed by atoms with Crippen LogP contribution in [0.15, 0.2) is 35.4 Å². The van der Waals surface area contributed by atoms with Gasteiger partial charge in [0, 0.05) is 68.4 Å². The van der Waals surface area contributed by atoms with Crippen LogP contribution in [0, 0.1) is 5.92 Å². The number of rotatable bonds is 7. The molecule has 1 aromatic carbocycles. The number of ether oxygens (including phenoxy) is 1. The van der Waals surface area contributed by atoms with E-state index in [1.807, 2.05) is 25.8 Å². The van der Waals surface area contributed by atoms with Gasteiger partial charge in [-0.25, -0.2) is 9.78 Å². The largest absolute Gasteiger partial charge is 0.662 e. The number of hydrogen-bond donors (Lipinski definition) is 2. The summed E-state index contributed by atoms with van der Waals surface area (Å²) >= 11 is 0. The molecule has 8 nitrogen and oxygen atoms in total. The molecular formula is C39H62N3O5Y-. The summed E-state index contributed by atoms with van der Waals surface area (Å²) in [7, 11) is 1.89. The number of aliphatic hydroxyl groups is 1. The van der Waals surface area contributed by atoms with Crippen LogP contribution in [-0.2, 0) is 60.0 Å². The average Bonchev–Trinajstić information content (AvgIpc) is 3.38. The van der Waals surface area contributed by atoms with Gasteiger partial charge < -0.3 is 25.2 Å². The number of cyclic esters (lactones) is 1. The summed E-state index contributed by atoms with van der Waals surface area (Å²) < 4.78 is 4.83. The predicted molar refractivity (Wildman–Crippen MR) is 196 cm³/mol. The van der Waals surface area contributed by atoms with Gasteiger partial charge in [0.1, 0.15) is 18.6 Å². The molecular weight excluding hydrogens is 679 g/mol. The van der Waals surface area contributed by atoms with Crippen LogP contribution in [-0.4, -0.2) is 65.2 Å². The summed E-state index contributed by atoms with van der Waals surface area (Å²) in [5.74, 6) is 0.364. The van der Waals surface area contributed by atoms with Gasteiger partial charge in [-0.15, -0.1) is 13.1 Å². The number of aromatic hydroxyl groups is 1. The molecule has 0 aliphatic carbocycles. The fourth-order valence-corrected chi connectivity index (χ4v) is 5.42. The van der Waals surface area contributed by atoms with Crippen molar-refractivity contribution < 1.29 is 57.2 Å². The van der Waals surface area contributed by atoms with E-state index in [1.165, 1.54) is 51.4 Å². The number of aromatic nitrogens is 1. The van der Waals surface area contributed by atoms with E-state index in [4.69, 9.17) is 9.72 Å². The molecule has 267 valence electrons. The predicted octanol–water partition coefficient (Wildman–Crippen LogP) is 8.91. The van der Waals surface area contributed by atoms with Gasteiger partial charge >= 0.3 is 5.97 Å². The third kappa shape index (κ3) is 14.0. The topological polar surface area (TPSA) is 114 Å². The number of aldehydes is 1. The molecule has 2 N–H and O–H groups in total. The molecule has 3 aliphatic rings. The Morgan fingerprint density at radius 2 is 1.65 bits per heavy atom. The first-order chi connectivity index (χ1) is 22.7. The van der Waals surface area contributed by atoms with Crippen molar-refractivity contribution in [2.75, 3.05) is 26.7 Å². The first-order valence-corrected chi connectivity index (χ1v) is 17.9. The molecule has 1 radical (unpaired) electrons. The number of phenols is 1. The maximum absolute atomic E-state index is 11.8. The maximum atomic E-state index is 11.8. The number of unbranched alkanes of at least 4 members (excludes halogenated alkanes) is 4. The second kappa shape index (κ2) is 25.8. The zero-order valence-electron chi connectivity index (χ0n) is 31.3. The summed E-state index contributed by atoms with van der Waals surface area (Å²) in [5.41, 5.74) is 4.84. The number of aryl methyl sites for hydroxylation is 1. The average molecular weight is 742 g/mol. The van der Waals surface area contributed by atoms with Crippen molar-refractivity contribution >= 4 is 28.9 Å². The van der Waals surface area contributed by atoms with Crippen molar-refractivity contribution in [3.05, 3.63) is 57.6 Å². The summed E-state index contributed by atoms with van der Waals surface area (Å²) in [6.07, 6.45) is 12.4. The van der Waals surface area contributed by atoms with Gasteiger partial charge in [0.15, 0.2) is 6.10 Å². The number of phenolic OH excluding ortho intramolecular Hbond substituents is 1. The van der Waals surface area contributed by atoms with E-state index in [1.54, 1.807) is 24.3 Å². The molecule has 1 aromatic heterocycles. The second-order valence-electron chi connectivity index (χ2n) is 12.1. The fraction of sp³-hybridized carbons (Fsp3) is 0.615. The summed E-state index contributed by atoms with van der Waals surface area (Å²) in [5, 5.41) is 25.2. The van der Waals surface area contributed by atoms with Crippen LogP contribution in [0.25, 0.3) is 21.9 Å². The Morgan fingerprint density at radius 3 is 2.15 bits per heavy atom. The number of fused-ring (bicyclic) bond motifs is 2. The molecule has 0 bridgehead atoms. The Bertz CT molecular complexity index is 1300. The van der Waals surface area contributed by atoms with Gasteiger partial charge in [-0.1, -0.05) is 107 Å².